The number of hydrogen-bond acceptors (Lipinski definition) is 3. The molecule has 0 aromatic heterocycles. The third kappa shape index (κ3) is 2.63. The maximum absolute atomic E-state index is 11.0. The second-order valence-corrected chi connectivity index (χ2v) is 5.97. The Morgan fingerprint density at radius 1 is 1.24 bits per heavy atom. The van der Waals surface area contributed by atoms with E-state index in [9.17, 15) is 4.79 Å². The molecule has 4 rings (SSSR count). The van der Waals surface area contributed by atoms with Gasteiger partial charge in [-0.25, -0.2) is 0 Å². The zero-order chi connectivity index (χ0) is 11.8. The lowest BCUT2D eigenvalue weighted by atomic mass is 9.83. The highest BCUT2D eigenvalue weighted by atomic mass is 16.4. The van der Waals surface area contributed by atoms with E-state index in [1.165, 1.54) is 38.8 Å². The SMILES string of the molecule is O=C(O)CN(CC1CC1)C1CN2CCC1CC2. The Hall–Kier alpha value is -0.610. The lowest BCUT2D eigenvalue weighted by Crippen LogP contribution is -2.58. The van der Waals surface area contributed by atoms with Crippen LogP contribution >= 0.6 is 0 Å². The van der Waals surface area contributed by atoms with Crippen molar-refractivity contribution in [3.63, 3.8) is 0 Å². The summed E-state index contributed by atoms with van der Waals surface area (Å²) in [7, 11) is 0. The number of fused-ring (bicyclic) bond motifs is 3. The monoisotopic (exact) mass is 238 g/mol. The third-order valence-corrected chi connectivity index (χ3v) is 4.62. The van der Waals surface area contributed by atoms with Crippen molar-refractivity contribution in [3.8, 4) is 0 Å². The standard InChI is InChI=1S/C13H22N2O2/c16-13(17)9-15(7-10-1-2-10)12-8-14-5-3-11(12)4-6-14/h10-12H,1-9H2,(H,16,17). The van der Waals surface area contributed by atoms with Crippen LogP contribution in [0.3, 0.4) is 0 Å². The summed E-state index contributed by atoms with van der Waals surface area (Å²) in [6, 6.07) is 0.509. The Labute approximate surface area is 103 Å². The molecule has 3 aliphatic heterocycles. The summed E-state index contributed by atoms with van der Waals surface area (Å²) in [4.78, 5) is 15.8. The highest BCUT2D eigenvalue weighted by Gasteiger charge is 2.39. The van der Waals surface area contributed by atoms with E-state index in [0.717, 1.165) is 24.9 Å². The molecule has 96 valence electrons. The van der Waals surface area contributed by atoms with Crippen LogP contribution in [0.2, 0.25) is 0 Å². The van der Waals surface area contributed by atoms with Gasteiger partial charge in [0.2, 0.25) is 0 Å². The van der Waals surface area contributed by atoms with Crippen LogP contribution in [0.4, 0.5) is 0 Å². The van der Waals surface area contributed by atoms with E-state index in [0.29, 0.717) is 6.04 Å². The second kappa shape index (κ2) is 4.58. The summed E-state index contributed by atoms with van der Waals surface area (Å²) < 4.78 is 0. The van der Waals surface area contributed by atoms with Gasteiger partial charge in [0.25, 0.3) is 0 Å². The van der Waals surface area contributed by atoms with Crippen LogP contribution in [0.15, 0.2) is 0 Å². The summed E-state index contributed by atoms with van der Waals surface area (Å²) in [6.07, 6.45) is 5.14. The summed E-state index contributed by atoms with van der Waals surface area (Å²) in [5.74, 6) is 0.866. The van der Waals surface area contributed by atoms with Crippen LogP contribution in [0.5, 0.6) is 0 Å². The van der Waals surface area contributed by atoms with Gasteiger partial charge in [0.1, 0.15) is 0 Å². The lowest BCUT2D eigenvalue weighted by Gasteiger charge is -2.48. The number of carboxylic acids is 1. The molecule has 0 amide bonds. The zero-order valence-electron chi connectivity index (χ0n) is 10.3. The molecule has 3 heterocycles. The average Bonchev–Trinajstić information content (AvgIpc) is 3.13. The fraction of sp³-hybridized carbons (Fsp3) is 0.923. The first kappa shape index (κ1) is 11.5. The van der Waals surface area contributed by atoms with E-state index >= 15 is 0 Å². The minimum atomic E-state index is -0.665. The molecule has 4 heteroatoms. The predicted molar refractivity (Wildman–Crippen MR) is 64.9 cm³/mol. The van der Waals surface area contributed by atoms with Crippen molar-refractivity contribution < 1.29 is 9.90 Å². The summed E-state index contributed by atoms with van der Waals surface area (Å²) >= 11 is 0. The van der Waals surface area contributed by atoms with Crippen molar-refractivity contribution in [1.82, 2.24) is 9.80 Å². The van der Waals surface area contributed by atoms with Gasteiger partial charge < -0.3 is 10.0 Å². The molecule has 4 aliphatic rings. The topological polar surface area (TPSA) is 43.8 Å². The second-order valence-electron chi connectivity index (χ2n) is 5.97. The smallest absolute Gasteiger partial charge is 0.317 e. The van der Waals surface area contributed by atoms with Crippen molar-refractivity contribution in [3.05, 3.63) is 0 Å². The minimum absolute atomic E-state index is 0.242. The molecule has 0 radical (unpaired) electrons. The van der Waals surface area contributed by atoms with E-state index in [1.54, 1.807) is 0 Å². The van der Waals surface area contributed by atoms with Crippen LogP contribution in [0.1, 0.15) is 25.7 Å². The van der Waals surface area contributed by atoms with Crippen molar-refractivity contribution in [2.75, 3.05) is 32.7 Å². The van der Waals surface area contributed by atoms with E-state index in [4.69, 9.17) is 5.11 Å². The van der Waals surface area contributed by atoms with Crippen LogP contribution in [0, 0.1) is 11.8 Å². The normalized spacial score (nSPS) is 36.4. The molecule has 1 saturated carbocycles. The molecule has 0 spiro atoms. The quantitative estimate of drug-likeness (QED) is 0.772. The van der Waals surface area contributed by atoms with Gasteiger partial charge in [-0.2, -0.15) is 0 Å². The molecule has 0 aromatic carbocycles. The van der Waals surface area contributed by atoms with Gasteiger partial charge in [-0.1, -0.05) is 0 Å². The Morgan fingerprint density at radius 2 is 1.94 bits per heavy atom. The van der Waals surface area contributed by atoms with E-state index in [-0.39, 0.29) is 6.54 Å². The maximum Gasteiger partial charge on any atom is 0.317 e. The largest absolute Gasteiger partial charge is 0.480 e. The van der Waals surface area contributed by atoms with Gasteiger partial charge in [-0.05, 0) is 50.6 Å². The fourth-order valence-corrected chi connectivity index (χ4v) is 3.47. The third-order valence-electron chi connectivity index (χ3n) is 4.62. The maximum atomic E-state index is 11.0. The van der Waals surface area contributed by atoms with E-state index < -0.39 is 5.97 Å². The highest BCUT2D eigenvalue weighted by Crippen LogP contribution is 2.35. The van der Waals surface area contributed by atoms with E-state index in [1.807, 2.05) is 0 Å². The molecular formula is C13H22N2O2. The molecule has 4 nitrogen and oxygen atoms in total. The van der Waals surface area contributed by atoms with Crippen LogP contribution in [-0.2, 0) is 4.79 Å². The number of rotatable bonds is 5. The Balaban J connectivity index is 1.66. The molecule has 1 unspecified atom stereocenters. The first-order chi connectivity index (χ1) is 8.22. The van der Waals surface area contributed by atoms with E-state index in [2.05, 4.69) is 9.80 Å². The van der Waals surface area contributed by atoms with Crippen LogP contribution in [0.25, 0.3) is 0 Å². The molecule has 17 heavy (non-hydrogen) atoms. The zero-order valence-corrected chi connectivity index (χ0v) is 10.3. The fourth-order valence-electron chi connectivity index (χ4n) is 3.47. The van der Waals surface area contributed by atoms with Crippen molar-refractivity contribution in [1.29, 1.82) is 0 Å². The summed E-state index contributed by atoms with van der Waals surface area (Å²) in [5.41, 5.74) is 0. The van der Waals surface area contributed by atoms with Crippen molar-refractivity contribution in [2.45, 2.75) is 31.7 Å². The minimum Gasteiger partial charge on any atom is -0.480 e. The van der Waals surface area contributed by atoms with Crippen molar-refractivity contribution >= 4 is 5.97 Å². The molecule has 2 bridgehead atoms. The Morgan fingerprint density at radius 3 is 2.41 bits per heavy atom. The number of carbonyl (C=O) groups is 1. The van der Waals surface area contributed by atoms with Gasteiger partial charge in [0, 0.05) is 19.1 Å². The lowest BCUT2D eigenvalue weighted by molar-refractivity contribution is -0.140. The van der Waals surface area contributed by atoms with Crippen LogP contribution < -0.4 is 0 Å². The van der Waals surface area contributed by atoms with Gasteiger partial charge >= 0.3 is 5.97 Å². The Kier molecular flexibility index (Phi) is 3.09. The Bertz CT molecular complexity index is 296. The summed E-state index contributed by atoms with van der Waals surface area (Å²) in [5, 5.41) is 9.06. The van der Waals surface area contributed by atoms with Gasteiger partial charge in [0.05, 0.1) is 6.54 Å². The number of piperidine rings is 3. The number of hydrogen-bond donors (Lipinski definition) is 1. The number of carboxylic acid groups (broad SMARTS) is 1. The molecule has 0 aromatic rings. The molecule has 3 saturated heterocycles. The molecular weight excluding hydrogens is 216 g/mol. The van der Waals surface area contributed by atoms with Crippen LogP contribution in [-0.4, -0.2) is 59.6 Å². The molecule has 1 aliphatic carbocycles. The molecule has 1 atom stereocenters. The first-order valence-corrected chi connectivity index (χ1v) is 6.90. The highest BCUT2D eigenvalue weighted by molar-refractivity contribution is 5.69. The van der Waals surface area contributed by atoms with Gasteiger partial charge in [0.15, 0.2) is 0 Å². The first-order valence-electron chi connectivity index (χ1n) is 6.90. The van der Waals surface area contributed by atoms with Gasteiger partial charge in [-0.15, -0.1) is 0 Å². The molecule has 1 N–H and O–H groups in total. The molecule has 4 fully saturated rings. The van der Waals surface area contributed by atoms with Gasteiger partial charge in [-0.3, -0.25) is 9.69 Å². The predicted octanol–water partition coefficient (Wildman–Crippen LogP) is 0.877. The summed E-state index contributed by atoms with van der Waals surface area (Å²) in [6.45, 7) is 4.81. The number of nitrogens with zero attached hydrogens (tertiary/aromatic N) is 2. The number of aliphatic carboxylic acids is 1. The average molecular weight is 238 g/mol. The van der Waals surface area contributed by atoms with Crippen molar-refractivity contribution in [2.24, 2.45) is 11.8 Å².